The molecule has 8 heteroatoms. The van der Waals surface area contributed by atoms with Crippen molar-refractivity contribution in [2.75, 3.05) is 19.7 Å². The zero-order valence-corrected chi connectivity index (χ0v) is 20.1. The lowest BCUT2D eigenvalue weighted by Crippen LogP contribution is -2.29. The molecule has 4 aromatic rings. The lowest BCUT2D eigenvalue weighted by molar-refractivity contribution is 0.215. The summed E-state index contributed by atoms with van der Waals surface area (Å²) >= 11 is 0. The van der Waals surface area contributed by atoms with E-state index in [0.29, 0.717) is 39.8 Å². The molecule has 4 bridgehead atoms. The van der Waals surface area contributed by atoms with Gasteiger partial charge in [0.25, 0.3) is 11.1 Å². The fourth-order valence-electron chi connectivity index (χ4n) is 5.50. The van der Waals surface area contributed by atoms with Crippen molar-refractivity contribution in [2.24, 2.45) is 0 Å². The molecule has 1 saturated heterocycles. The van der Waals surface area contributed by atoms with E-state index in [1.807, 2.05) is 25.1 Å². The summed E-state index contributed by atoms with van der Waals surface area (Å²) in [4.78, 5) is 36.7. The summed E-state index contributed by atoms with van der Waals surface area (Å²) < 4.78 is 8.09. The molecule has 1 fully saturated rings. The van der Waals surface area contributed by atoms with Crippen molar-refractivity contribution in [1.82, 2.24) is 24.6 Å². The number of hydrogen-bond donors (Lipinski definition) is 2. The molecule has 35 heavy (non-hydrogen) atoms. The molecule has 2 aromatic carbocycles. The van der Waals surface area contributed by atoms with Crippen molar-refractivity contribution in [3.63, 3.8) is 0 Å². The lowest BCUT2D eigenvalue weighted by Gasteiger charge is -2.27. The average molecular weight is 474 g/mol. The van der Waals surface area contributed by atoms with Gasteiger partial charge in [-0.3, -0.25) is 19.6 Å². The summed E-state index contributed by atoms with van der Waals surface area (Å²) in [5.41, 5.74) is 3.64. The number of aromatic nitrogens is 4. The van der Waals surface area contributed by atoms with E-state index in [1.165, 1.54) is 19.3 Å². The Kier molecular flexibility index (Phi) is 5.68. The van der Waals surface area contributed by atoms with Gasteiger partial charge < -0.3 is 9.72 Å². The molecule has 0 aliphatic carbocycles. The molecule has 1 atom stereocenters. The van der Waals surface area contributed by atoms with Gasteiger partial charge in [-0.25, -0.2) is 9.67 Å². The van der Waals surface area contributed by atoms with Crippen LogP contribution in [0.25, 0.3) is 33.2 Å². The Hall–Kier alpha value is -3.39. The van der Waals surface area contributed by atoms with E-state index in [1.54, 1.807) is 10.7 Å². The standard InChI is InChI=1S/C27H31N5O3/c1-17-8-3-6-15-35-25-18(16-31-13-4-2-5-14-31)11-12-21-24(25)29-23(26(33)28-21)19-9-7-10-20-22(19)30-32(17)27(20)34/h7,9-12,17,30H,2-6,8,13-16H2,1H3,(H,28,33). The lowest BCUT2D eigenvalue weighted by atomic mass is 10.1. The van der Waals surface area contributed by atoms with Gasteiger partial charge in [-0.15, -0.1) is 0 Å². The number of nitrogens with one attached hydrogen (secondary N) is 2. The minimum absolute atomic E-state index is 0.0152. The Balaban J connectivity index is 1.57. The van der Waals surface area contributed by atoms with Crippen LogP contribution in [0.2, 0.25) is 0 Å². The number of aromatic amines is 2. The van der Waals surface area contributed by atoms with Gasteiger partial charge in [-0.2, -0.15) is 0 Å². The predicted octanol–water partition coefficient (Wildman–Crippen LogP) is 4.34. The van der Waals surface area contributed by atoms with Gasteiger partial charge in [0, 0.05) is 17.7 Å². The number of para-hydroxylation sites is 1. The molecule has 1 unspecified atom stereocenters. The highest BCUT2D eigenvalue weighted by molar-refractivity contribution is 5.94. The Morgan fingerprint density at radius 3 is 2.77 bits per heavy atom. The number of fused-ring (bicyclic) bond motifs is 3. The molecular weight excluding hydrogens is 442 g/mol. The Morgan fingerprint density at radius 2 is 1.91 bits per heavy atom. The molecule has 0 spiro atoms. The number of benzene rings is 2. The third-order valence-corrected chi connectivity index (χ3v) is 7.45. The van der Waals surface area contributed by atoms with Crippen molar-refractivity contribution in [2.45, 2.75) is 58.0 Å². The van der Waals surface area contributed by atoms with Gasteiger partial charge in [0.2, 0.25) is 0 Å². The van der Waals surface area contributed by atoms with Crippen LogP contribution in [0.3, 0.4) is 0 Å². The normalized spacial score (nSPS) is 19.3. The Bertz CT molecular complexity index is 1510. The van der Waals surface area contributed by atoms with Crippen LogP contribution in [-0.2, 0) is 6.54 Å². The van der Waals surface area contributed by atoms with Crippen molar-refractivity contribution in [3.8, 4) is 17.0 Å². The second-order valence-corrected chi connectivity index (χ2v) is 9.91. The quantitative estimate of drug-likeness (QED) is 0.451. The van der Waals surface area contributed by atoms with Crippen LogP contribution in [-0.4, -0.2) is 44.3 Å². The van der Waals surface area contributed by atoms with Crippen molar-refractivity contribution in [3.05, 3.63) is 56.6 Å². The Labute approximate surface area is 202 Å². The first-order valence-electron chi connectivity index (χ1n) is 12.7. The fourth-order valence-corrected chi connectivity index (χ4v) is 5.50. The molecule has 182 valence electrons. The highest BCUT2D eigenvalue weighted by atomic mass is 16.5. The number of rotatable bonds is 2. The minimum atomic E-state index is -0.284. The maximum Gasteiger partial charge on any atom is 0.275 e. The Morgan fingerprint density at radius 1 is 1.06 bits per heavy atom. The fraction of sp³-hybridized carbons (Fsp3) is 0.444. The first kappa shape index (κ1) is 22.1. The van der Waals surface area contributed by atoms with E-state index < -0.39 is 0 Å². The number of ether oxygens (including phenoxy) is 1. The molecular formula is C27H31N5O3. The zero-order chi connectivity index (χ0) is 23.9. The third kappa shape index (κ3) is 3.95. The van der Waals surface area contributed by atoms with Gasteiger partial charge in [0.15, 0.2) is 5.75 Å². The molecule has 0 radical (unpaired) electrons. The maximum atomic E-state index is 13.2. The highest BCUT2D eigenvalue weighted by Crippen LogP contribution is 2.32. The SMILES string of the molecule is CC1CCCCOc2c(CN3CCCCC3)ccc3[nH]c(=O)c(nc23)-c2cccc3c(=O)n1[nH]c23. The van der Waals surface area contributed by atoms with Crippen LogP contribution < -0.4 is 15.9 Å². The first-order valence-corrected chi connectivity index (χ1v) is 12.7. The smallest absolute Gasteiger partial charge is 0.275 e. The van der Waals surface area contributed by atoms with Crippen LogP contribution in [0.5, 0.6) is 5.75 Å². The molecule has 6 rings (SSSR count). The van der Waals surface area contributed by atoms with E-state index in [-0.39, 0.29) is 17.2 Å². The van der Waals surface area contributed by atoms with Crippen LogP contribution in [0.1, 0.15) is 57.1 Å². The van der Waals surface area contributed by atoms with Crippen LogP contribution in [0.15, 0.2) is 39.9 Å². The minimum Gasteiger partial charge on any atom is -0.491 e. The van der Waals surface area contributed by atoms with E-state index in [4.69, 9.17) is 9.72 Å². The monoisotopic (exact) mass is 473 g/mol. The largest absolute Gasteiger partial charge is 0.491 e. The topological polar surface area (TPSA) is 96.0 Å². The summed E-state index contributed by atoms with van der Waals surface area (Å²) in [6, 6.07) is 9.48. The first-order chi connectivity index (χ1) is 17.1. The molecule has 2 N–H and O–H groups in total. The molecule has 4 heterocycles. The molecule has 0 amide bonds. The van der Waals surface area contributed by atoms with E-state index in [2.05, 4.69) is 21.0 Å². The van der Waals surface area contributed by atoms with E-state index in [0.717, 1.165) is 50.2 Å². The van der Waals surface area contributed by atoms with Crippen molar-refractivity contribution in [1.29, 1.82) is 0 Å². The van der Waals surface area contributed by atoms with Gasteiger partial charge >= 0.3 is 0 Å². The summed E-state index contributed by atoms with van der Waals surface area (Å²) in [6.45, 7) is 5.60. The van der Waals surface area contributed by atoms with Crippen molar-refractivity contribution >= 4 is 21.9 Å². The van der Waals surface area contributed by atoms with Crippen molar-refractivity contribution < 1.29 is 4.74 Å². The highest BCUT2D eigenvalue weighted by Gasteiger charge is 2.21. The van der Waals surface area contributed by atoms with Crippen LogP contribution in [0.4, 0.5) is 0 Å². The number of likely N-dealkylation sites (tertiary alicyclic amines) is 1. The molecule has 2 aliphatic heterocycles. The third-order valence-electron chi connectivity index (χ3n) is 7.45. The van der Waals surface area contributed by atoms with Crippen LogP contribution in [0, 0.1) is 0 Å². The van der Waals surface area contributed by atoms with E-state index >= 15 is 0 Å². The van der Waals surface area contributed by atoms with Gasteiger partial charge in [0.05, 0.1) is 29.1 Å². The molecule has 2 aromatic heterocycles. The second kappa shape index (κ2) is 9.00. The maximum absolute atomic E-state index is 13.2. The average Bonchev–Trinajstić information content (AvgIpc) is 3.21. The summed E-state index contributed by atoms with van der Waals surface area (Å²) in [5, 5.41) is 3.86. The number of piperidine rings is 1. The van der Waals surface area contributed by atoms with Gasteiger partial charge in [-0.05, 0) is 64.3 Å². The summed E-state index contributed by atoms with van der Waals surface area (Å²) in [7, 11) is 0. The van der Waals surface area contributed by atoms with E-state index in [9.17, 15) is 9.59 Å². The molecule has 2 aliphatic rings. The second-order valence-electron chi connectivity index (χ2n) is 9.91. The number of hydrogen-bond acceptors (Lipinski definition) is 5. The number of H-pyrrole nitrogens is 2. The predicted molar refractivity (Wildman–Crippen MR) is 137 cm³/mol. The zero-order valence-electron chi connectivity index (χ0n) is 20.1. The van der Waals surface area contributed by atoms with Gasteiger partial charge in [-0.1, -0.05) is 24.6 Å². The van der Waals surface area contributed by atoms with Gasteiger partial charge in [0.1, 0.15) is 11.2 Å². The van der Waals surface area contributed by atoms with Crippen LogP contribution >= 0.6 is 0 Å². The summed E-state index contributed by atoms with van der Waals surface area (Å²) in [6.07, 6.45) is 6.41. The molecule has 8 nitrogen and oxygen atoms in total. The summed E-state index contributed by atoms with van der Waals surface area (Å²) in [5.74, 6) is 0.758. The molecule has 0 saturated carbocycles. The number of nitrogens with zero attached hydrogens (tertiary/aromatic N) is 3.